The number of amides is 1. The summed E-state index contributed by atoms with van der Waals surface area (Å²) in [6.07, 6.45) is -0.904. The van der Waals surface area contributed by atoms with Crippen LogP contribution in [-0.4, -0.2) is 18.0 Å². The van der Waals surface area contributed by atoms with Crippen LogP contribution in [0.4, 0.5) is 5.69 Å². The number of rotatable bonds is 5. The Morgan fingerprint density at radius 1 is 0.893 bits per heavy atom. The highest BCUT2D eigenvalue weighted by molar-refractivity contribution is 5.99. The lowest BCUT2D eigenvalue weighted by molar-refractivity contribution is -0.123. The Morgan fingerprint density at radius 2 is 1.61 bits per heavy atom. The first kappa shape index (κ1) is 19.6. The normalized spacial score (nSPS) is 12.0. The largest absolute Gasteiger partial charge is 0.449 e. The number of ether oxygens (including phenoxy) is 1. The van der Waals surface area contributed by atoms with E-state index in [1.54, 1.807) is 19.1 Å². The average molecular weight is 375 g/mol. The molecule has 0 radical (unpaired) electrons. The number of carbonyl (C=O) groups is 2. The van der Waals surface area contributed by atoms with Gasteiger partial charge in [0, 0.05) is 5.69 Å². The molecule has 3 rings (SSSR count). The van der Waals surface area contributed by atoms with Gasteiger partial charge in [-0.1, -0.05) is 62.4 Å². The maximum absolute atomic E-state index is 12.6. The number of hydrogen-bond donors (Lipinski definition) is 1. The van der Waals surface area contributed by atoms with Gasteiger partial charge in [0.15, 0.2) is 6.10 Å². The zero-order valence-corrected chi connectivity index (χ0v) is 16.7. The molecule has 0 saturated carbocycles. The van der Waals surface area contributed by atoms with Crippen LogP contribution in [0.1, 0.15) is 48.2 Å². The maximum Gasteiger partial charge on any atom is 0.338 e. The van der Waals surface area contributed by atoms with Crippen LogP contribution in [0.5, 0.6) is 0 Å². The molecule has 144 valence electrons. The lowest BCUT2D eigenvalue weighted by Gasteiger charge is -2.19. The molecule has 0 fully saturated rings. The highest BCUT2D eigenvalue weighted by Crippen LogP contribution is 2.27. The summed E-state index contributed by atoms with van der Waals surface area (Å²) < 4.78 is 5.41. The van der Waals surface area contributed by atoms with E-state index in [4.69, 9.17) is 4.74 Å². The number of carbonyl (C=O) groups excluding carboxylic acids is 2. The molecule has 0 unspecified atom stereocenters. The fourth-order valence-corrected chi connectivity index (χ4v) is 3.17. The van der Waals surface area contributed by atoms with Crippen molar-refractivity contribution in [2.24, 2.45) is 0 Å². The number of hydrogen-bond acceptors (Lipinski definition) is 3. The van der Waals surface area contributed by atoms with Gasteiger partial charge in [0.2, 0.25) is 0 Å². The third kappa shape index (κ3) is 4.22. The van der Waals surface area contributed by atoms with E-state index in [-0.39, 0.29) is 11.8 Å². The second kappa shape index (κ2) is 8.26. The molecule has 1 atom stereocenters. The molecule has 0 aliphatic heterocycles. The van der Waals surface area contributed by atoms with Gasteiger partial charge < -0.3 is 10.1 Å². The number of esters is 1. The van der Waals surface area contributed by atoms with E-state index in [1.165, 1.54) is 0 Å². The standard InChI is InChI=1S/C24H25NO3/c1-15(2)21-11-7-8-16(3)22(21)25-23(26)17(4)28-24(27)20-13-12-18-9-5-6-10-19(18)14-20/h5-15,17H,1-4H3,(H,25,26)/t17-/m1/s1. The summed E-state index contributed by atoms with van der Waals surface area (Å²) in [6, 6.07) is 19.1. The van der Waals surface area contributed by atoms with Gasteiger partial charge in [-0.3, -0.25) is 4.79 Å². The molecule has 0 aliphatic rings. The van der Waals surface area contributed by atoms with Crippen molar-refractivity contribution < 1.29 is 14.3 Å². The highest BCUT2D eigenvalue weighted by atomic mass is 16.5. The van der Waals surface area contributed by atoms with Gasteiger partial charge in [0.05, 0.1) is 5.56 Å². The minimum atomic E-state index is -0.904. The molecule has 1 amide bonds. The number of aryl methyl sites for hydroxylation is 1. The predicted octanol–water partition coefficient (Wildman–Crippen LogP) is 5.46. The Balaban J connectivity index is 1.72. The van der Waals surface area contributed by atoms with Gasteiger partial charge in [-0.15, -0.1) is 0 Å². The number of nitrogens with one attached hydrogen (secondary N) is 1. The maximum atomic E-state index is 12.6. The first-order valence-electron chi connectivity index (χ1n) is 9.47. The number of anilines is 1. The number of fused-ring (bicyclic) bond motifs is 1. The van der Waals surface area contributed by atoms with Crippen LogP contribution in [0.25, 0.3) is 10.8 Å². The van der Waals surface area contributed by atoms with Crippen molar-refractivity contribution >= 4 is 28.3 Å². The molecule has 3 aromatic carbocycles. The second-order valence-electron chi connectivity index (χ2n) is 7.29. The summed E-state index contributed by atoms with van der Waals surface area (Å²) in [6.45, 7) is 7.69. The Labute approximate surface area is 165 Å². The van der Waals surface area contributed by atoms with Crippen molar-refractivity contribution in [2.75, 3.05) is 5.32 Å². The summed E-state index contributed by atoms with van der Waals surface area (Å²) in [7, 11) is 0. The summed E-state index contributed by atoms with van der Waals surface area (Å²) in [5, 5.41) is 4.93. The van der Waals surface area contributed by atoms with Crippen LogP contribution in [0.2, 0.25) is 0 Å². The van der Waals surface area contributed by atoms with Crippen LogP contribution in [-0.2, 0) is 9.53 Å². The molecule has 4 heteroatoms. The molecule has 0 heterocycles. The Bertz CT molecular complexity index is 1020. The van der Waals surface area contributed by atoms with Crippen LogP contribution >= 0.6 is 0 Å². The molecule has 4 nitrogen and oxygen atoms in total. The van der Waals surface area contributed by atoms with Crippen molar-refractivity contribution in [2.45, 2.75) is 39.7 Å². The van der Waals surface area contributed by atoms with Crippen molar-refractivity contribution in [3.8, 4) is 0 Å². The molecule has 1 N–H and O–H groups in total. The predicted molar refractivity (Wildman–Crippen MR) is 113 cm³/mol. The quantitative estimate of drug-likeness (QED) is 0.603. The van der Waals surface area contributed by atoms with Gasteiger partial charge in [0.25, 0.3) is 5.91 Å². The minimum absolute atomic E-state index is 0.269. The average Bonchev–Trinajstić information content (AvgIpc) is 2.68. The number of benzene rings is 3. The summed E-state index contributed by atoms with van der Waals surface area (Å²) in [5.41, 5.74) is 3.25. The molecule has 0 bridgehead atoms. The molecular formula is C24H25NO3. The Morgan fingerprint density at radius 3 is 2.32 bits per heavy atom. The van der Waals surface area contributed by atoms with Gasteiger partial charge in [-0.2, -0.15) is 0 Å². The lowest BCUT2D eigenvalue weighted by atomic mass is 9.98. The van der Waals surface area contributed by atoms with E-state index in [9.17, 15) is 9.59 Å². The van der Waals surface area contributed by atoms with E-state index in [2.05, 4.69) is 19.2 Å². The third-order valence-corrected chi connectivity index (χ3v) is 4.81. The van der Waals surface area contributed by atoms with E-state index < -0.39 is 12.1 Å². The molecule has 0 spiro atoms. The fourth-order valence-electron chi connectivity index (χ4n) is 3.17. The van der Waals surface area contributed by atoms with Crippen molar-refractivity contribution in [3.63, 3.8) is 0 Å². The first-order valence-corrected chi connectivity index (χ1v) is 9.47. The van der Waals surface area contributed by atoms with Crippen LogP contribution < -0.4 is 5.32 Å². The zero-order valence-electron chi connectivity index (χ0n) is 16.7. The molecule has 0 aliphatic carbocycles. The molecule has 28 heavy (non-hydrogen) atoms. The summed E-state index contributed by atoms with van der Waals surface area (Å²) >= 11 is 0. The zero-order chi connectivity index (χ0) is 20.3. The SMILES string of the molecule is Cc1cccc(C(C)C)c1NC(=O)[C@@H](C)OC(=O)c1ccc2ccccc2c1. The second-order valence-corrected chi connectivity index (χ2v) is 7.29. The highest BCUT2D eigenvalue weighted by Gasteiger charge is 2.21. The van der Waals surface area contributed by atoms with Crippen LogP contribution in [0.3, 0.4) is 0 Å². The summed E-state index contributed by atoms with van der Waals surface area (Å²) in [5.74, 6) is -0.585. The molecule has 0 aromatic heterocycles. The smallest absolute Gasteiger partial charge is 0.338 e. The minimum Gasteiger partial charge on any atom is -0.449 e. The van der Waals surface area contributed by atoms with E-state index >= 15 is 0 Å². The van der Waals surface area contributed by atoms with Crippen molar-refractivity contribution in [1.82, 2.24) is 0 Å². The van der Waals surface area contributed by atoms with E-state index in [0.717, 1.165) is 27.6 Å². The fraction of sp³-hybridized carbons (Fsp3) is 0.250. The third-order valence-electron chi connectivity index (χ3n) is 4.81. The van der Waals surface area contributed by atoms with E-state index in [1.807, 2.05) is 55.5 Å². The summed E-state index contributed by atoms with van der Waals surface area (Å²) in [4.78, 5) is 25.1. The molecular weight excluding hydrogens is 350 g/mol. The van der Waals surface area contributed by atoms with Gasteiger partial charge in [-0.05, 0) is 53.8 Å². The van der Waals surface area contributed by atoms with Gasteiger partial charge in [0.1, 0.15) is 0 Å². The van der Waals surface area contributed by atoms with Crippen molar-refractivity contribution in [1.29, 1.82) is 0 Å². The van der Waals surface area contributed by atoms with Gasteiger partial charge >= 0.3 is 5.97 Å². The topological polar surface area (TPSA) is 55.4 Å². The van der Waals surface area contributed by atoms with E-state index in [0.29, 0.717) is 5.56 Å². The number of para-hydroxylation sites is 1. The van der Waals surface area contributed by atoms with Crippen LogP contribution in [0, 0.1) is 6.92 Å². The molecule has 3 aromatic rings. The molecule has 0 saturated heterocycles. The first-order chi connectivity index (χ1) is 13.4. The Hall–Kier alpha value is -3.14. The van der Waals surface area contributed by atoms with Gasteiger partial charge in [-0.25, -0.2) is 4.79 Å². The lowest BCUT2D eigenvalue weighted by Crippen LogP contribution is -2.30. The monoisotopic (exact) mass is 375 g/mol. The van der Waals surface area contributed by atoms with Crippen molar-refractivity contribution in [3.05, 3.63) is 77.4 Å². The van der Waals surface area contributed by atoms with Crippen LogP contribution in [0.15, 0.2) is 60.7 Å². The Kier molecular flexibility index (Phi) is 5.78.